The lowest BCUT2D eigenvalue weighted by Crippen LogP contribution is -2.59. The first kappa shape index (κ1) is 28.3. The first-order chi connectivity index (χ1) is 19.8. The fourth-order valence-corrected chi connectivity index (χ4v) is 6.01. The molecular weight excluding hydrogens is 526 g/mol. The minimum atomic E-state index is -0.391. The summed E-state index contributed by atoms with van der Waals surface area (Å²) in [5.74, 6) is -0.286. The van der Waals surface area contributed by atoms with Crippen molar-refractivity contribution in [1.29, 1.82) is 5.26 Å². The topological polar surface area (TPSA) is 79.3 Å². The van der Waals surface area contributed by atoms with E-state index < -0.39 is 5.82 Å². The molecule has 2 aromatic heterocycles. The van der Waals surface area contributed by atoms with Gasteiger partial charge in [-0.2, -0.15) is 10.4 Å². The lowest BCUT2D eigenvalue weighted by molar-refractivity contribution is 0.109. The minimum absolute atomic E-state index is 0.0172. The van der Waals surface area contributed by atoms with Crippen molar-refractivity contribution in [3.63, 3.8) is 0 Å². The van der Waals surface area contributed by atoms with E-state index in [1.54, 1.807) is 46.8 Å². The summed E-state index contributed by atoms with van der Waals surface area (Å²) in [5, 5.41) is 13.9. The summed E-state index contributed by atoms with van der Waals surface area (Å²) in [6.45, 7) is 5.56. The Morgan fingerprint density at radius 1 is 1.05 bits per heavy atom. The highest BCUT2D eigenvalue weighted by Gasteiger charge is 2.39. The second-order valence-corrected chi connectivity index (χ2v) is 10.5. The van der Waals surface area contributed by atoms with Gasteiger partial charge in [0.05, 0.1) is 36.6 Å². The van der Waals surface area contributed by atoms with Crippen molar-refractivity contribution in [1.82, 2.24) is 19.2 Å². The third kappa shape index (κ3) is 5.30. The Morgan fingerprint density at radius 2 is 1.76 bits per heavy atom. The molecule has 41 heavy (non-hydrogen) atoms. The molecule has 8 nitrogen and oxygen atoms in total. The number of piperazine rings is 1. The second kappa shape index (κ2) is 11.7. The van der Waals surface area contributed by atoms with Gasteiger partial charge in [-0.25, -0.2) is 8.78 Å². The van der Waals surface area contributed by atoms with Crippen LogP contribution in [-0.2, 0) is 13.6 Å². The van der Waals surface area contributed by atoms with E-state index in [4.69, 9.17) is 4.74 Å². The summed E-state index contributed by atoms with van der Waals surface area (Å²) in [6, 6.07) is 14.5. The van der Waals surface area contributed by atoms with Crippen LogP contribution >= 0.6 is 0 Å². The molecule has 214 valence electrons. The van der Waals surface area contributed by atoms with Crippen LogP contribution in [0.5, 0.6) is 5.75 Å². The predicted molar refractivity (Wildman–Crippen MR) is 154 cm³/mol. The molecule has 0 saturated carbocycles. The number of rotatable bonds is 8. The molecule has 4 aromatic rings. The molecule has 1 aliphatic heterocycles. The monoisotopic (exact) mass is 560 g/mol. The number of aromatic nitrogens is 3. The van der Waals surface area contributed by atoms with Gasteiger partial charge in [0.25, 0.3) is 5.56 Å². The molecule has 1 fully saturated rings. The molecule has 0 spiro atoms. The van der Waals surface area contributed by atoms with Gasteiger partial charge in [-0.3, -0.25) is 14.4 Å². The van der Waals surface area contributed by atoms with Crippen LogP contribution in [-0.4, -0.2) is 51.5 Å². The number of benzene rings is 2. The Morgan fingerprint density at radius 3 is 2.41 bits per heavy atom. The van der Waals surface area contributed by atoms with Gasteiger partial charge in [0.2, 0.25) is 0 Å². The zero-order valence-electron chi connectivity index (χ0n) is 23.7. The van der Waals surface area contributed by atoms with E-state index in [2.05, 4.69) is 34.8 Å². The van der Waals surface area contributed by atoms with Crippen molar-refractivity contribution in [3.8, 4) is 11.8 Å². The maximum Gasteiger partial charge on any atom is 0.252 e. The van der Waals surface area contributed by atoms with E-state index in [9.17, 15) is 18.8 Å². The normalized spacial score (nSPS) is 18.4. The molecule has 5 rings (SSSR count). The molecule has 1 aliphatic rings. The summed E-state index contributed by atoms with van der Waals surface area (Å²) in [4.78, 5) is 17.7. The van der Waals surface area contributed by atoms with Gasteiger partial charge in [0.1, 0.15) is 29.4 Å². The maximum absolute atomic E-state index is 14.2. The molecule has 0 bridgehead atoms. The molecule has 1 unspecified atom stereocenters. The molecule has 1 saturated heterocycles. The fourth-order valence-electron chi connectivity index (χ4n) is 6.01. The summed E-state index contributed by atoms with van der Waals surface area (Å²) < 4.78 is 37.0. The van der Waals surface area contributed by atoms with Gasteiger partial charge in [-0.15, -0.1) is 0 Å². The van der Waals surface area contributed by atoms with E-state index in [1.165, 1.54) is 31.4 Å². The van der Waals surface area contributed by atoms with Gasteiger partial charge < -0.3 is 14.2 Å². The van der Waals surface area contributed by atoms with Crippen LogP contribution in [0.15, 0.2) is 59.5 Å². The van der Waals surface area contributed by atoms with Crippen LogP contribution in [0.2, 0.25) is 0 Å². The number of ether oxygens (including phenoxy) is 1. The van der Waals surface area contributed by atoms with Crippen LogP contribution in [0.4, 0.5) is 14.5 Å². The SMILES string of the molecule is CC[C@H]1CN(C(c2ccc(F)cc2)c2ccc(F)cc2OC)[C@H](CC)CN1c1cc(=O)n(C)c2cn(CC#N)nc12. The molecule has 2 aromatic carbocycles. The highest BCUT2D eigenvalue weighted by Crippen LogP contribution is 2.40. The van der Waals surface area contributed by atoms with Crippen molar-refractivity contribution in [2.24, 2.45) is 7.05 Å². The smallest absolute Gasteiger partial charge is 0.252 e. The maximum atomic E-state index is 14.2. The summed E-state index contributed by atoms with van der Waals surface area (Å²) in [5.41, 5.74) is 3.64. The highest BCUT2D eigenvalue weighted by atomic mass is 19.1. The Balaban J connectivity index is 1.61. The molecular formula is C31H34F2N6O2. The quantitative estimate of drug-likeness (QED) is 0.301. The molecule has 0 amide bonds. The summed E-state index contributed by atoms with van der Waals surface area (Å²) >= 11 is 0. The van der Waals surface area contributed by atoms with Crippen molar-refractivity contribution < 1.29 is 13.5 Å². The number of hydrogen-bond acceptors (Lipinski definition) is 6. The van der Waals surface area contributed by atoms with Gasteiger partial charge in [0.15, 0.2) is 0 Å². The molecule has 0 aliphatic carbocycles. The number of anilines is 1. The highest BCUT2D eigenvalue weighted by molar-refractivity contribution is 5.88. The number of halogens is 2. The first-order valence-electron chi connectivity index (χ1n) is 13.8. The second-order valence-electron chi connectivity index (χ2n) is 10.5. The van der Waals surface area contributed by atoms with E-state index in [1.807, 2.05) is 0 Å². The van der Waals surface area contributed by atoms with E-state index >= 15 is 0 Å². The van der Waals surface area contributed by atoms with Gasteiger partial charge >= 0.3 is 0 Å². The number of methoxy groups -OCH3 is 1. The van der Waals surface area contributed by atoms with Gasteiger partial charge in [-0.05, 0) is 36.6 Å². The first-order valence-corrected chi connectivity index (χ1v) is 13.8. The Bertz CT molecular complexity index is 1640. The van der Waals surface area contributed by atoms with E-state index in [0.29, 0.717) is 29.9 Å². The van der Waals surface area contributed by atoms with Gasteiger partial charge in [-0.1, -0.05) is 32.0 Å². The number of hydrogen-bond donors (Lipinski definition) is 0. The zero-order chi connectivity index (χ0) is 29.3. The minimum Gasteiger partial charge on any atom is -0.496 e. The van der Waals surface area contributed by atoms with Crippen LogP contribution in [0.1, 0.15) is 43.9 Å². The number of nitriles is 1. The summed E-state index contributed by atoms with van der Waals surface area (Å²) in [6.07, 6.45) is 3.33. The van der Waals surface area contributed by atoms with E-state index in [-0.39, 0.29) is 36.0 Å². The average Bonchev–Trinajstić information content (AvgIpc) is 3.40. The van der Waals surface area contributed by atoms with Crippen molar-refractivity contribution in [2.75, 3.05) is 25.1 Å². The number of nitrogens with zero attached hydrogens (tertiary/aromatic N) is 6. The lowest BCUT2D eigenvalue weighted by atomic mass is 9.91. The van der Waals surface area contributed by atoms with Crippen molar-refractivity contribution in [2.45, 2.75) is 51.4 Å². The third-order valence-corrected chi connectivity index (χ3v) is 8.17. The number of aryl methyl sites for hydroxylation is 1. The van der Waals surface area contributed by atoms with Gasteiger partial charge in [0, 0.05) is 49.9 Å². The lowest BCUT2D eigenvalue weighted by Gasteiger charge is -2.50. The molecule has 3 atom stereocenters. The Labute approximate surface area is 238 Å². The predicted octanol–water partition coefficient (Wildman–Crippen LogP) is 5.01. The standard InChI is InChI=1S/C31H34F2N6O2/c1-5-23-18-39(31(20-7-9-21(32)10-8-20)25-12-11-22(33)15-28(25)41-4)24(6-2)17-38(23)26-16-29(40)36(3)27-19-37(14-13-34)35-30(26)27/h7-12,15-16,19,23-24,31H,5-6,14,17-18H2,1-4H3/t23-,24+,31?/m0/s1. The van der Waals surface area contributed by atoms with Crippen LogP contribution in [0, 0.1) is 23.0 Å². The Hall–Kier alpha value is -4.23. The van der Waals surface area contributed by atoms with Crippen LogP contribution in [0.3, 0.4) is 0 Å². The van der Waals surface area contributed by atoms with Crippen molar-refractivity contribution in [3.05, 3.63) is 87.8 Å². The molecule has 0 N–H and O–H groups in total. The third-order valence-electron chi connectivity index (χ3n) is 8.17. The summed E-state index contributed by atoms with van der Waals surface area (Å²) in [7, 11) is 3.23. The van der Waals surface area contributed by atoms with Crippen LogP contribution in [0.25, 0.3) is 11.0 Å². The van der Waals surface area contributed by atoms with Crippen LogP contribution < -0.4 is 15.2 Å². The average molecular weight is 561 g/mol. The molecule has 10 heteroatoms. The van der Waals surface area contributed by atoms with Crippen molar-refractivity contribution >= 4 is 16.7 Å². The Kier molecular flexibility index (Phi) is 8.08. The van der Waals surface area contributed by atoms with E-state index in [0.717, 1.165) is 29.7 Å². The number of pyridine rings is 1. The largest absolute Gasteiger partial charge is 0.496 e. The zero-order valence-corrected chi connectivity index (χ0v) is 23.7. The number of fused-ring (bicyclic) bond motifs is 1. The molecule has 0 radical (unpaired) electrons. The molecule has 3 heterocycles. The fraction of sp³-hybridized carbons (Fsp3) is 0.387.